The standard InChI is InChI=1S/C16H16F3N5O3S2/c17-16(18,19)10-7-12(14(22-9-10)24-3-5-28-6-4-24)15(25)23-11-1-2-21-13(8-11)29(20,26)27/h1-2,7-9H,3-6H2,(H2,20,26,27)(H,21,23,25). The Morgan fingerprint density at radius 2 is 1.90 bits per heavy atom. The Kier molecular flexibility index (Phi) is 6.00. The molecule has 29 heavy (non-hydrogen) atoms. The van der Waals surface area contributed by atoms with Crippen LogP contribution in [0.4, 0.5) is 24.7 Å². The molecule has 0 aliphatic carbocycles. The Hall–Kier alpha value is -2.38. The lowest BCUT2D eigenvalue weighted by molar-refractivity contribution is -0.137. The highest BCUT2D eigenvalue weighted by Gasteiger charge is 2.33. The molecule has 8 nitrogen and oxygen atoms in total. The van der Waals surface area contributed by atoms with E-state index in [-0.39, 0.29) is 17.1 Å². The fourth-order valence-corrected chi connectivity index (χ4v) is 4.05. The minimum absolute atomic E-state index is 0.0200. The first kappa shape index (κ1) is 21.3. The number of aromatic nitrogens is 2. The Balaban J connectivity index is 1.97. The summed E-state index contributed by atoms with van der Waals surface area (Å²) in [6.07, 6.45) is -2.86. The van der Waals surface area contributed by atoms with Crippen LogP contribution in [0.25, 0.3) is 0 Å². The third-order valence-electron chi connectivity index (χ3n) is 4.03. The second kappa shape index (κ2) is 8.16. The molecular weight excluding hydrogens is 431 g/mol. The van der Waals surface area contributed by atoms with E-state index in [0.717, 1.165) is 29.8 Å². The summed E-state index contributed by atoms with van der Waals surface area (Å²) >= 11 is 1.70. The van der Waals surface area contributed by atoms with Crippen LogP contribution < -0.4 is 15.4 Å². The first-order chi connectivity index (χ1) is 13.6. The van der Waals surface area contributed by atoms with E-state index >= 15 is 0 Å². The van der Waals surface area contributed by atoms with E-state index in [0.29, 0.717) is 19.3 Å². The Morgan fingerprint density at radius 3 is 2.52 bits per heavy atom. The lowest BCUT2D eigenvalue weighted by Crippen LogP contribution is -2.35. The number of primary sulfonamides is 1. The van der Waals surface area contributed by atoms with Crippen molar-refractivity contribution in [2.45, 2.75) is 11.2 Å². The molecule has 1 amide bonds. The maximum atomic E-state index is 13.1. The summed E-state index contributed by atoms with van der Waals surface area (Å²) in [5.74, 6) is 0.789. The number of nitrogens with zero attached hydrogens (tertiary/aromatic N) is 3. The smallest absolute Gasteiger partial charge is 0.354 e. The van der Waals surface area contributed by atoms with E-state index in [1.54, 1.807) is 16.7 Å². The molecule has 2 aromatic heterocycles. The first-order valence-corrected chi connectivity index (χ1v) is 11.0. The normalized spacial score (nSPS) is 15.2. The maximum absolute atomic E-state index is 13.1. The molecule has 3 heterocycles. The summed E-state index contributed by atoms with van der Waals surface area (Å²) in [6.45, 7) is 1.07. The number of alkyl halides is 3. The number of anilines is 2. The summed E-state index contributed by atoms with van der Waals surface area (Å²) in [4.78, 5) is 22.0. The Morgan fingerprint density at radius 1 is 1.21 bits per heavy atom. The van der Waals surface area contributed by atoms with Gasteiger partial charge in [0, 0.05) is 48.7 Å². The zero-order valence-corrected chi connectivity index (χ0v) is 16.4. The molecule has 13 heteroatoms. The molecule has 156 valence electrons. The minimum atomic E-state index is -4.67. The van der Waals surface area contributed by atoms with Gasteiger partial charge in [-0.3, -0.25) is 4.79 Å². The average Bonchev–Trinajstić information content (AvgIpc) is 2.67. The lowest BCUT2D eigenvalue weighted by atomic mass is 10.1. The van der Waals surface area contributed by atoms with E-state index in [1.807, 2.05) is 0 Å². The van der Waals surface area contributed by atoms with Gasteiger partial charge in [-0.1, -0.05) is 0 Å². The molecule has 0 bridgehead atoms. The van der Waals surface area contributed by atoms with Crippen molar-refractivity contribution in [3.05, 3.63) is 41.7 Å². The van der Waals surface area contributed by atoms with Gasteiger partial charge in [0.25, 0.3) is 15.9 Å². The molecular formula is C16H16F3N5O3S2. The van der Waals surface area contributed by atoms with Gasteiger partial charge in [0.2, 0.25) is 0 Å². The average molecular weight is 447 g/mol. The molecule has 3 N–H and O–H groups in total. The van der Waals surface area contributed by atoms with Gasteiger partial charge in [0.05, 0.1) is 11.1 Å². The van der Waals surface area contributed by atoms with E-state index in [4.69, 9.17) is 5.14 Å². The monoisotopic (exact) mass is 447 g/mol. The van der Waals surface area contributed by atoms with Gasteiger partial charge in [-0.15, -0.1) is 0 Å². The number of carbonyl (C=O) groups is 1. The number of nitrogens with two attached hydrogens (primary N) is 1. The fourth-order valence-electron chi connectivity index (χ4n) is 2.65. The maximum Gasteiger partial charge on any atom is 0.417 e. The van der Waals surface area contributed by atoms with Crippen LogP contribution >= 0.6 is 11.8 Å². The van der Waals surface area contributed by atoms with Gasteiger partial charge in [0.15, 0.2) is 5.03 Å². The third-order valence-corrected chi connectivity index (χ3v) is 5.78. The molecule has 0 unspecified atom stereocenters. The Labute approximate surface area is 168 Å². The molecule has 1 fully saturated rings. The number of carbonyl (C=O) groups excluding carboxylic acids is 1. The van der Waals surface area contributed by atoms with Crippen molar-refractivity contribution in [1.29, 1.82) is 0 Å². The van der Waals surface area contributed by atoms with Crippen molar-refractivity contribution in [3.8, 4) is 0 Å². The molecule has 0 aromatic carbocycles. The van der Waals surface area contributed by atoms with Crippen LogP contribution in [-0.2, 0) is 16.2 Å². The lowest BCUT2D eigenvalue weighted by Gasteiger charge is -2.29. The Bertz CT molecular complexity index is 1020. The second-order valence-electron chi connectivity index (χ2n) is 6.07. The van der Waals surface area contributed by atoms with E-state index in [2.05, 4.69) is 15.3 Å². The number of hydrogen-bond donors (Lipinski definition) is 2. The van der Waals surface area contributed by atoms with Crippen molar-refractivity contribution >= 4 is 39.2 Å². The van der Waals surface area contributed by atoms with Crippen LogP contribution in [-0.4, -0.2) is 48.9 Å². The summed E-state index contributed by atoms with van der Waals surface area (Å²) in [7, 11) is -4.11. The molecule has 0 saturated carbocycles. The minimum Gasteiger partial charge on any atom is -0.354 e. The third kappa shape index (κ3) is 5.16. The van der Waals surface area contributed by atoms with Crippen LogP contribution in [0.15, 0.2) is 35.6 Å². The molecule has 1 saturated heterocycles. The molecule has 2 aromatic rings. The molecule has 0 spiro atoms. The van der Waals surface area contributed by atoms with E-state index in [1.165, 1.54) is 6.07 Å². The van der Waals surface area contributed by atoms with Gasteiger partial charge in [-0.2, -0.15) is 24.9 Å². The molecule has 0 atom stereocenters. The van der Waals surface area contributed by atoms with Crippen LogP contribution in [0.2, 0.25) is 0 Å². The summed E-state index contributed by atoms with van der Waals surface area (Å²) in [6, 6.07) is 3.05. The number of rotatable bonds is 4. The van der Waals surface area contributed by atoms with Gasteiger partial charge >= 0.3 is 6.18 Å². The number of hydrogen-bond acceptors (Lipinski definition) is 7. The van der Waals surface area contributed by atoms with Crippen molar-refractivity contribution in [2.75, 3.05) is 34.8 Å². The predicted octanol–water partition coefficient (Wildman–Crippen LogP) is 1.95. The largest absolute Gasteiger partial charge is 0.417 e. The highest BCUT2D eigenvalue weighted by atomic mass is 32.2. The number of nitrogens with one attached hydrogen (secondary N) is 1. The summed E-state index contributed by atoms with van der Waals surface area (Å²) < 4.78 is 62.2. The number of thioether (sulfide) groups is 1. The van der Waals surface area contributed by atoms with Crippen LogP contribution in [0.1, 0.15) is 15.9 Å². The topological polar surface area (TPSA) is 118 Å². The van der Waals surface area contributed by atoms with E-state index in [9.17, 15) is 26.4 Å². The number of halogens is 3. The van der Waals surface area contributed by atoms with Gasteiger partial charge in [-0.25, -0.2) is 23.5 Å². The predicted molar refractivity (Wildman–Crippen MR) is 102 cm³/mol. The van der Waals surface area contributed by atoms with Crippen LogP contribution in [0.3, 0.4) is 0 Å². The zero-order chi connectivity index (χ0) is 21.2. The van der Waals surface area contributed by atoms with Crippen LogP contribution in [0.5, 0.6) is 0 Å². The van der Waals surface area contributed by atoms with Crippen molar-refractivity contribution in [2.24, 2.45) is 5.14 Å². The SMILES string of the molecule is NS(=O)(=O)c1cc(NC(=O)c2cc(C(F)(F)F)cnc2N2CCSCC2)ccn1. The number of pyridine rings is 2. The van der Waals surface area contributed by atoms with Gasteiger partial charge < -0.3 is 10.2 Å². The van der Waals surface area contributed by atoms with E-state index < -0.39 is 32.7 Å². The molecule has 3 rings (SSSR count). The molecule has 0 radical (unpaired) electrons. The quantitative estimate of drug-likeness (QED) is 0.735. The number of sulfonamides is 1. The number of amides is 1. The summed E-state index contributed by atoms with van der Waals surface area (Å²) in [5, 5.41) is 6.92. The first-order valence-electron chi connectivity index (χ1n) is 8.26. The molecule has 1 aliphatic heterocycles. The van der Waals surface area contributed by atoms with Crippen molar-refractivity contribution < 1.29 is 26.4 Å². The highest BCUT2D eigenvalue weighted by molar-refractivity contribution is 7.99. The van der Waals surface area contributed by atoms with Crippen molar-refractivity contribution in [1.82, 2.24) is 9.97 Å². The van der Waals surface area contributed by atoms with Crippen molar-refractivity contribution in [3.63, 3.8) is 0 Å². The molecule has 1 aliphatic rings. The van der Waals surface area contributed by atoms with Gasteiger partial charge in [0.1, 0.15) is 5.82 Å². The summed E-state index contributed by atoms with van der Waals surface area (Å²) in [5.41, 5.74) is -1.30. The second-order valence-corrected chi connectivity index (χ2v) is 8.81. The van der Waals surface area contributed by atoms with Gasteiger partial charge in [-0.05, 0) is 12.1 Å². The highest BCUT2D eigenvalue weighted by Crippen LogP contribution is 2.32. The fraction of sp³-hybridized carbons (Fsp3) is 0.312. The zero-order valence-electron chi connectivity index (χ0n) is 14.8. The van der Waals surface area contributed by atoms with Crippen LogP contribution in [0, 0.1) is 0 Å².